The lowest BCUT2D eigenvalue weighted by atomic mass is 10.0. The van der Waals surface area contributed by atoms with Gasteiger partial charge in [-0.3, -0.25) is 0 Å². The molecule has 0 aromatic heterocycles. The molecule has 0 heterocycles. The maximum Gasteiger partial charge on any atom is 0.0817 e. The van der Waals surface area contributed by atoms with Gasteiger partial charge in [0, 0.05) is 9.79 Å². The molecule has 1 aliphatic carbocycles. The smallest absolute Gasteiger partial charge is 0.0817 e. The van der Waals surface area contributed by atoms with Gasteiger partial charge in [0.15, 0.2) is 0 Å². The highest BCUT2D eigenvalue weighted by atomic mass is 32.2. The summed E-state index contributed by atoms with van der Waals surface area (Å²) in [6.07, 6.45) is 0. The third-order valence-corrected chi connectivity index (χ3v) is 9.29. The van der Waals surface area contributed by atoms with Gasteiger partial charge in [0.1, 0.15) is 0 Å². The number of rotatable bonds is 4. The molecule has 0 nitrogen and oxygen atoms in total. The van der Waals surface area contributed by atoms with Gasteiger partial charge in [-0.1, -0.05) is 64.1 Å². The van der Waals surface area contributed by atoms with E-state index in [2.05, 4.69) is 88.4 Å². The van der Waals surface area contributed by atoms with Crippen molar-refractivity contribution in [3.8, 4) is 0 Å². The molecule has 2 heteroatoms. The monoisotopic (exact) mass is 314 g/mol. The molecule has 0 bridgehead atoms. The minimum absolute atomic E-state index is 0.183. The van der Waals surface area contributed by atoms with Gasteiger partial charge in [-0.05, 0) is 35.1 Å². The van der Waals surface area contributed by atoms with Crippen LogP contribution in [0.5, 0.6) is 0 Å². The summed E-state index contributed by atoms with van der Waals surface area (Å²) in [6, 6.07) is 21.6. The molecule has 110 valence electrons. The van der Waals surface area contributed by atoms with Gasteiger partial charge >= 0.3 is 0 Å². The average Bonchev–Trinajstić information content (AvgIpc) is 2.79. The molecule has 1 saturated carbocycles. The van der Waals surface area contributed by atoms with Gasteiger partial charge < -0.3 is 0 Å². The largest absolute Gasteiger partial charge is 0.107 e. The summed E-state index contributed by atoms with van der Waals surface area (Å²) in [5.74, 6) is 0. The molecule has 21 heavy (non-hydrogen) atoms. The summed E-state index contributed by atoms with van der Waals surface area (Å²) in [5.41, 5.74) is 0.585. The molecule has 2 aromatic carbocycles. The predicted molar refractivity (Wildman–Crippen MR) is 94.9 cm³/mol. The zero-order valence-electron chi connectivity index (χ0n) is 13.1. The van der Waals surface area contributed by atoms with Crippen molar-refractivity contribution in [3.05, 3.63) is 60.7 Å². The summed E-state index contributed by atoms with van der Waals surface area (Å²) in [6.45, 7) is 9.61. The van der Waals surface area contributed by atoms with E-state index in [0.717, 1.165) is 0 Å². The fraction of sp³-hybridized carbons (Fsp3) is 0.368. The molecule has 0 radical (unpaired) electrons. The lowest BCUT2D eigenvalue weighted by Gasteiger charge is -2.21. The molecule has 1 aliphatic rings. The van der Waals surface area contributed by atoms with Crippen LogP contribution in [-0.4, -0.2) is 4.08 Å². The first-order chi connectivity index (χ1) is 9.91. The third-order valence-electron chi connectivity index (χ3n) is 5.16. The second-order valence-corrected chi connectivity index (χ2v) is 9.53. The Hall–Kier alpha value is -0.860. The van der Waals surface area contributed by atoms with Crippen molar-refractivity contribution in [2.45, 2.75) is 41.6 Å². The molecule has 0 spiro atoms. The highest BCUT2D eigenvalue weighted by Gasteiger charge is 2.78. The van der Waals surface area contributed by atoms with Crippen molar-refractivity contribution in [1.82, 2.24) is 0 Å². The summed E-state index contributed by atoms with van der Waals surface area (Å²) >= 11 is 4.06. The summed E-state index contributed by atoms with van der Waals surface area (Å²) in [4.78, 5) is 2.72. The Kier molecular flexibility index (Phi) is 3.66. The molecule has 0 saturated heterocycles. The number of thioether (sulfide) groups is 2. The molecule has 0 N–H and O–H groups in total. The lowest BCUT2D eigenvalue weighted by molar-refractivity contribution is 0.457. The predicted octanol–water partition coefficient (Wildman–Crippen LogP) is 6.33. The second-order valence-electron chi connectivity index (χ2n) is 6.70. The van der Waals surface area contributed by atoms with Crippen LogP contribution in [0.4, 0.5) is 0 Å². The Labute approximate surface area is 136 Å². The van der Waals surface area contributed by atoms with Crippen molar-refractivity contribution < 1.29 is 0 Å². The Morgan fingerprint density at radius 2 is 0.905 bits per heavy atom. The maximum atomic E-state index is 2.40. The topological polar surface area (TPSA) is 0 Å². The quantitative estimate of drug-likeness (QED) is 0.604. The van der Waals surface area contributed by atoms with Gasteiger partial charge in [-0.15, -0.1) is 23.5 Å². The normalized spacial score (nSPS) is 21.0. The SMILES string of the molecule is CC1(C)C(C)(C)C1(Sc1ccccc1)Sc1ccccc1. The average molecular weight is 315 g/mol. The first-order valence-electron chi connectivity index (χ1n) is 7.39. The van der Waals surface area contributed by atoms with Crippen LogP contribution >= 0.6 is 23.5 Å². The van der Waals surface area contributed by atoms with Crippen molar-refractivity contribution >= 4 is 23.5 Å². The molecule has 0 unspecified atom stereocenters. The zero-order valence-corrected chi connectivity index (χ0v) is 14.7. The van der Waals surface area contributed by atoms with Gasteiger partial charge in [-0.2, -0.15) is 0 Å². The first-order valence-corrected chi connectivity index (χ1v) is 9.02. The van der Waals surface area contributed by atoms with Gasteiger partial charge in [0.25, 0.3) is 0 Å². The Balaban J connectivity index is 1.95. The van der Waals surface area contributed by atoms with Gasteiger partial charge in [0.05, 0.1) is 4.08 Å². The molecular weight excluding hydrogens is 292 g/mol. The van der Waals surface area contributed by atoms with Crippen molar-refractivity contribution in [2.75, 3.05) is 0 Å². The van der Waals surface area contributed by atoms with Crippen molar-refractivity contribution in [3.63, 3.8) is 0 Å². The third kappa shape index (κ3) is 2.24. The summed E-state index contributed by atoms with van der Waals surface area (Å²) in [7, 11) is 0. The maximum absolute atomic E-state index is 2.40. The van der Waals surface area contributed by atoms with Crippen LogP contribution in [0.2, 0.25) is 0 Å². The fourth-order valence-electron chi connectivity index (χ4n) is 3.05. The van der Waals surface area contributed by atoms with Crippen LogP contribution in [-0.2, 0) is 0 Å². The highest BCUT2D eigenvalue weighted by Crippen LogP contribution is 2.83. The number of hydrogen-bond acceptors (Lipinski definition) is 2. The number of hydrogen-bond donors (Lipinski definition) is 0. The van der Waals surface area contributed by atoms with Crippen LogP contribution in [0.1, 0.15) is 27.7 Å². The summed E-state index contributed by atoms with van der Waals surface area (Å²) in [5, 5.41) is 0. The standard InChI is InChI=1S/C19H22S2/c1-17(2)18(3,4)19(17,20-15-11-7-5-8-12-15)21-16-13-9-6-10-14-16/h5-14H,1-4H3. The van der Waals surface area contributed by atoms with Crippen LogP contribution < -0.4 is 0 Å². The van der Waals surface area contributed by atoms with Crippen LogP contribution in [0.15, 0.2) is 70.5 Å². The zero-order chi connectivity index (χ0) is 15.1. The first kappa shape index (κ1) is 15.1. The molecule has 0 aliphatic heterocycles. The van der Waals surface area contributed by atoms with E-state index in [1.54, 1.807) is 0 Å². The van der Waals surface area contributed by atoms with E-state index in [1.807, 2.05) is 23.5 Å². The van der Waals surface area contributed by atoms with Crippen LogP contribution in [0, 0.1) is 10.8 Å². The molecule has 0 amide bonds. The van der Waals surface area contributed by atoms with E-state index in [-0.39, 0.29) is 4.08 Å². The fourth-order valence-corrected chi connectivity index (χ4v) is 6.98. The van der Waals surface area contributed by atoms with E-state index < -0.39 is 0 Å². The van der Waals surface area contributed by atoms with Gasteiger partial charge in [-0.25, -0.2) is 0 Å². The molecule has 2 aromatic rings. The van der Waals surface area contributed by atoms with E-state index in [4.69, 9.17) is 0 Å². The van der Waals surface area contributed by atoms with Crippen LogP contribution in [0.25, 0.3) is 0 Å². The Bertz CT molecular complexity index is 557. The van der Waals surface area contributed by atoms with E-state index >= 15 is 0 Å². The van der Waals surface area contributed by atoms with Crippen LogP contribution in [0.3, 0.4) is 0 Å². The minimum Gasteiger partial charge on any atom is -0.107 e. The minimum atomic E-state index is 0.183. The molecule has 3 rings (SSSR count). The van der Waals surface area contributed by atoms with Crippen molar-refractivity contribution in [2.24, 2.45) is 10.8 Å². The number of benzene rings is 2. The molecular formula is C19H22S2. The Morgan fingerprint density at radius 1 is 0.571 bits per heavy atom. The Morgan fingerprint density at radius 3 is 1.19 bits per heavy atom. The van der Waals surface area contributed by atoms with E-state index in [0.29, 0.717) is 10.8 Å². The van der Waals surface area contributed by atoms with Crippen molar-refractivity contribution in [1.29, 1.82) is 0 Å². The lowest BCUT2D eigenvalue weighted by Crippen LogP contribution is -2.08. The van der Waals surface area contributed by atoms with E-state index in [1.165, 1.54) is 9.79 Å². The second kappa shape index (κ2) is 5.10. The van der Waals surface area contributed by atoms with Gasteiger partial charge in [0.2, 0.25) is 0 Å². The summed E-state index contributed by atoms with van der Waals surface area (Å²) < 4.78 is 0.183. The molecule has 1 fully saturated rings. The molecule has 0 atom stereocenters. The van der Waals surface area contributed by atoms with E-state index in [9.17, 15) is 0 Å². The highest BCUT2D eigenvalue weighted by molar-refractivity contribution is 8.19.